The second-order valence-corrected chi connectivity index (χ2v) is 14.8. The first-order valence-corrected chi connectivity index (χ1v) is 18.8. The highest BCUT2D eigenvalue weighted by Gasteiger charge is 2.44. The van der Waals surface area contributed by atoms with Crippen molar-refractivity contribution in [3.05, 3.63) is 0 Å². The molecule has 0 rings (SSSR count). The molecule has 0 radical (unpaired) electrons. The van der Waals surface area contributed by atoms with E-state index in [0.29, 0.717) is 13.2 Å². The average molecular weight is 587 g/mol. The zero-order chi connectivity index (χ0) is 28.5. The molecule has 0 aromatic carbocycles. The summed E-state index contributed by atoms with van der Waals surface area (Å²) in [4.78, 5) is 38.1. The van der Waals surface area contributed by atoms with Gasteiger partial charge in [-0.25, -0.2) is 0 Å². The Balaban J connectivity index is 4.28. The fraction of sp³-hybridized carbons (Fsp3) is 1.00. The largest absolute Gasteiger partial charge is 0.379 e. The van der Waals surface area contributed by atoms with Gasteiger partial charge in [0.25, 0.3) is 0 Å². The Morgan fingerprint density at radius 1 is 0.526 bits per heavy atom. The highest BCUT2D eigenvalue weighted by molar-refractivity contribution is 7.70. The minimum absolute atomic E-state index is 0.0751. The van der Waals surface area contributed by atoms with Crippen LogP contribution in [0.25, 0.3) is 0 Å². The van der Waals surface area contributed by atoms with Crippen molar-refractivity contribution in [2.45, 2.75) is 160 Å². The maximum atomic E-state index is 11.8. The molecule has 0 aliphatic carbocycles. The first-order valence-electron chi connectivity index (χ1n) is 15.4. The van der Waals surface area contributed by atoms with Gasteiger partial charge in [0.1, 0.15) is 0 Å². The SMILES string of the molecule is CCCCCCCCCCCCOCC(CC(P(=O)(O)O)P(=O)(O)O)OCCCCCCCCCCCC. The molecule has 0 saturated carbocycles. The number of hydrogen-bond donors (Lipinski definition) is 4. The number of rotatable bonds is 29. The van der Waals surface area contributed by atoms with E-state index < -0.39 is 33.1 Å². The van der Waals surface area contributed by atoms with Crippen molar-refractivity contribution in [2.75, 3.05) is 19.8 Å². The molecule has 4 N–H and O–H groups in total. The summed E-state index contributed by atoms with van der Waals surface area (Å²) in [7, 11) is -9.98. The van der Waals surface area contributed by atoms with E-state index in [1.165, 1.54) is 89.9 Å². The average Bonchev–Trinajstić information content (AvgIpc) is 2.84. The summed E-state index contributed by atoms with van der Waals surface area (Å²) in [5.41, 5.74) is 0. The van der Waals surface area contributed by atoms with Gasteiger partial charge in [-0.3, -0.25) is 9.13 Å². The second kappa shape index (κ2) is 25.0. The Labute approximate surface area is 233 Å². The molecule has 0 fully saturated rings. The Morgan fingerprint density at radius 3 is 1.24 bits per heavy atom. The monoisotopic (exact) mass is 586 g/mol. The minimum atomic E-state index is -4.99. The summed E-state index contributed by atoms with van der Waals surface area (Å²) >= 11 is 0. The van der Waals surface area contributed by atoms with Gasteiger partial charge in [-0.2, -0.15) is 0 Å². The smallest absolute Gasteiger partial charge is 0.340 e. The standard InChI is InChI=1S/C28H60O8P2/c1-3-5-7-9-11-13-15-17-19-21-23-35-26-27(25-28(37(29,30)31)38(32,33)34)36-24-22-20-18-16-14-12-10-8-6-4-2/h27-28H,3-26H2,1-2H3,(H2,29,30,31)(H2,32,33,34). The van der Waals surface area contributed by atoms with Crippen LogP contribution < -0.4 is 0 Å². The molecule has 0 aliphatic rings. The van der Waals surface area contributed by atoms with E-state index in [0.717, 1.165) is 38.5 Å². The summed E-state index contributed by atoms with van der Waals surface area (Å²) in [5, 5.41) is -2.06. The third-order valence-corrected chi connectivity index (χ3v) is 10.8. The van der Waals surface area contributed by atoms with E-state index in [9.17, 15) is 28.7 Å². The molecule has 38 heavy (non-hydrogen) atoms. The highest BCUT2D eigenvalue weighted by atomic mass is 31.2. The molecule has 8 nitrogen and oxygen atoms in total. The third kappa shape index (κ3) is 24.1. The topological polar surface area (TPSA) is 134 Å². The van der Waals surface area contributed by atoms with Crippen molar-refractivity contribution in [1.29, 1.82) is 0 Å². The van der Waals surface area contributed by atoms with Crippen LogP contribution in [0.3, 0.4) is 0 Å². The number of ether oxygens (including phenoxy) is 2. The van der Waals surface area contributed by atoms with E-state index in [2.05, 4.69) is 13.8 Å². The molecule has 0 heterocycles. The van der Waals surface area contributed by atoms with Gasteiger partial charge in [0, 0.05) is 19.6 Å². The van der Waals surface area contributed by atoms with Gasteiger partial charge in [-0.1, -0.05) is 129 Å². The molecule has 0 amide bonds. The maximum Gasteiger partial charge on any atom is 0.340 e. The van der Waals surface area contributed by atoms with Gasteiger partial charge >= 0.3 is 15.2 Å². The molecule has 1 atom stereocenters. The minimum Gasteiger partial charge on any atom is -0.379 e. The molecule has 230 valence electrons. The Hall–Kier alpha value is 0.220. The Kier molecular flexibility index (Phi) is 25.1. The van der Waals surface area contributed by atoms with Crippen LogP contribution in [0.2, 0.25) is 0 Å². The molecule has 0 bridgehead atoms. The summed E-state index contributed by atoms with van der Waals surface area (Å²) in [6.07, 6.45) is 22.8. The highest BCUT2D eigenvalue weighted by Crippen LogP contribution is 2.61. The second-order valence-electron chi connectivity index (χ2n) is 10.8. The molecule has 0 aliphatic heterocycles. The molecule has 0 spiro atoms. The molecule has 0 aromatic heterocycles. The lowest BCUT2D eigenvalue weighted by Crippen LogP contribution is -2.27. The van der Waals surface area contributed by atoms with Crippen LogP contribution in [-0.4, -0.2) is 50.9 Å². The maximum absolute atomic E-state index is 11.8. The predicted octanol–water partition coefficient (Wildman–Crippen LogP) is 8.30. The predicted molar refractivity (Wildman–Crippen MR) is 157 cm³/mol. The Bertz CT molecular complexity index is 586. The van der Waals surface area contributed by atoms with Gasteiger partial charge in [0.05, 0.1) is 12.7 Å². The summed E-state index contributed by atoms with van der Waals surface area (Å²) in [5.74, 6) is 0. The van der Waals surface area contributed by atoms with Gasteiger partial charge in [0.2, 0.25) is 0 Å². The van der Waals surface area contributed by atoms with E-state index in [-0.39, 0.29) is 6.61 Å². The van der Waals surface area contributed by atoms with Crippen molar-refractivity contribution >= 4 is 15.2 Å². The number of hydrogen-bond acceptors (Lipinski definition) is 4. The van der Waals surface area contributed by atoms with Gasteiger partial charge < -0.3 is 29.0 Å². The lowest BCUT2D eigenvalue weighted by Gasteiger charge is -2.25. The summed E-state index contributed by atoms with van der Waals surface area (Å²) in [6, 6.07) is 0. The molecule has 0 saturated heterocycles. The third-order valence-electron chi connectivity index (χ3n) is 7.05. The fourth-order valence-electron chi connectivity index (χ4n) is 4.64. The van der Waals surface area contributed by atoms with E-state index in [4.69, 9.17) is 9.47 Å². The van der Waals surface area contributed by atoms with Crippen LogP contribution in [0.4, 0.5) is 0 Å². The van der Waals surface area contributed by atoms with E-state index >= 15 is 0 Å². The molecule has 0 aromatic rings. The zero-order valence-electron chi connectivity index (χ0n) is 24.4. The van der Waals surface area contributed by atoms with Crippen molar-refractivity contribution < 1.29 is 38.2 Å². The molecule has 1 unspecified atom stereocenters. The van der Waals surface area contributed by atoms with Crippen molar-refractivity contribution in [1.82, 2.24) is 0 Å². The van der Waals surface area contributed by atoms with Crippen LogP contribution in [0, 0.1) is 0 Å². The summed E-state index contributed by atoms with van der Waals surface area (Å²) in [6.45, 7) is 5.41. The van der Waals surface area contributed by atoms with Gasteiger partial charge in [-0.15, -0.1) is 0 Å². The normalized spacial score (nSPS) is 13.4. The Morgan fingerprint density at radius 2 is 0.868 bits per heavy atom. The molecular weight excluding hydrogens is 526 g/mol. The lowest BCUT2D eigenvalue weighted by atomic mass is 10.1. The van der Waals surface area contributed by atoms with Crippen LogP contribution >= 0.6 is 15.2 Å². The van der Waals surface area contributed by atoms with Crippen molar-refractivity contribution in [3.8, 4) is 0 Å². The quantitative estimate of drug-likeness (QED) is 0.0508. The molecule has 10 heteroatoms. The fourth-order valence-corrected chi connectivity index (χ4v) is 7.22. The van der Waals surface area contributed by atoms with Crippen LogP contribution in [-0.2, 0) is 18.6 Å². The first-order chi connectivity index (χ1) is 18.1. The van der Waals surface area contributed by atoms with Crippen LogP contribution in [0.15, 0.2) is 0 Å². The molecular formula is C28H60O8P2. The van der Waals surface area contributed by atoms with Crippen LogP contribution in [0.5, 0.6) is 0 Å². The van der Waals surface area contributed by atoms with Gasteiger partial charge in [0.15, 0.2) is 5.40 Å². The summed E-state index contributed by atoms with van der Waals surface area (Å²) < 4.78 is 35.0. The number of unbranched alkanes of at least 4 members (excludes halogenated alkanes) is 18. The van der Waals surface area contributed by atoms with Crippen molar-refractivity contribution in [3.63, 3.8) is 0 Å². The lowest BCUT2D eigenvalue weighted by molar-refractivity contribution is -0.0218. The van der Waals surface area contributed by atoms with Crippen LogP contribution in [0.1, 0.15) is 149 Å². The van der Waals surface area contributed by atoms with Crippen molar-refractivity contribution in [2.24, 2.45) is 0 Å². The zero-order valence-corrected chi connectivity index (χ0v) is 26.2. The van der Waals surface area contributed by atoms with Gasteiger partial charge in [-0.05, 0) is 12.8 Å². The van der Waals surface area contributed by atoms with E-state index in [1.807, 2.05) is 0 Å². The van der Waals surface area contributed by atoms with E-state index in [1.54, 1.807) is 0 Å². The first kappa shape index (κ1) is 38.2.